The fourth-order valence-electron chi connectivity index (χ4n) is 3.29. The summed E-state index contributed by atoms with van der Waals surface area (Å²) in [7, 11) is 0. The van der Waals surface area contributed by atoms with E-state index in [-0.39, 0.29) is 10.8 Å². The topological polar surface area (TPSA) is 20.2 Å². The molecule has 0 aromatic heterocycles. The molecular weight excluding hydrogens is 299 g/mol. The molecule has 0 amide bonds. The maximum Gasteiger partial charge on any atom is 0.153 e. The summed E-state index contributed by atoms with van der Waals surface area (Å²) in [5.41, 5.74) is 2.54. The van der Waals surface area contributed by atoms with Gasteiger partial charge in [0.15, 0.2) is 5.82 Å². The van der Waals surface area contributed by atoms with Crippen LogP contribution in [0.5, 0.6) is 5.75 Å². The van der Waals surface area contributed by atoms with E-state index >= 15 is 0 Å². The Morgan fingerprint density at radius 2 is 1.64 bits per heavy atom. The molecule has 0 unspecified atom stereocenters. The zero-order valence-corrected chi connectivity index (χ0v) is 13.4. The number of benzene rings is 2. The average Bonchev–Trinajstić information content (AvgIpc) is 2.54. The van der Waals surface area contributed by atoms with Gasteiger partial charge in [-0.25, -0.2) is 4.39 Å². The monoisotopic (exact) mass is 318 g/mol. The summed E-state index contributed by atoms with van der Waals surface area (Å²) in [5.74, 6) is 0.666. The number of aromatic hydroxyl groups is 1. The van der Waals surface area contributed by atoms with E-state index in [1.54, 1.807) is 6.07 Å². The molecule has 1 N–H and O–H groups in total. The van der Waals surface area contributed by atoms with Crippen molar-refractivity contribution in [2.45, 2.75) is 38.5 Å². The molecule has 0 heterocycles. The molecule has 22 heavy (non-hydrogen) atoms. The van der Waals surface area contributed by atoms with Crippen LogP contribution in [0.1, 0.15) is 44.1 Å². The van der Waals surface area contributed by atoms with E-state index in [4.69, 9.17) is 11.6 Å². The second kappa shape index (κ2) is 6.29. The van der Waals surface area contributed by atoms with Gasteiger partial charge in [0.05, 0.1) is 0 Å². The molecule has 0 atom stereocenters. The largest absolute Gasteiger partial charge is 0.506 e. The molecule has 0 aliphatic heterocycles. The van der Waals surface area contributed by atoms with Crippen molar-refractivity contribution in [1.82, 2.24) is 0 Å². The van der Waals surface area contributed by atoms with Gasteiger partial charge in [-0.1, -0.05) is 55.6 Å². The summed E-state index contributed by atoms with van der Waals surface area (Å²) in [6, 6.07) is 11.1. The van der Waals surface area contributed by atoms with Crippen molar-refractivity contribution in [1.29, 1.82) is 0 Å². The molecule has 2 aromatic rings. The maximum atomic E-state index is 14.2. The molecule has 1 fully saturated rings. The molecule has 116 valence electrons. The van der Waals surface area contributed by atoms with Gasteiger partial charge in [-0.3, -0.25) is 0 Å². The number of phenols is 1. The third-order valence-corrected chi connectivity index (χ3v) is 5.13. The van der Waals surface area contributed by atoms with E-state index in [1.165, 1.54) is 37.3 Å². The average molecular weight is 319 g/mol. The molecule has 1 aliphatic rings. The quantitative estimate of drug-likeness (QED) is 0.704. The van der Waals surface area contributed by atoms with Crippen molar-refractivity contribution in [2.24, 2.45) is 5.92 Å². The smallest absolute Gasteiger partial charge is 0.153 e. The molecule has 0 radical (unpaired) electrons. The standard InChI is InChI=1S/C19H20ClFO/c1-12-2-4-13(5-3-12)14-6-8-15(9-7-14)16-10-11-17(22)18(20)19(16)21/h6-13,22H,2-5H2,1H3. The molecule has 0 saturated heterocycles. The van der Waals surface area contributed by atoms with Gasteiger partial charge in [-0.2, -0.15) is 0 Å². The summed E-state index contributed by atoms with van der Waals surface area (Å²) in [6.07, 6.45) is 5.04. The fourth-order valence-corrected chi connectivity index (χ4v) is 3.46. The van der Waals surface area contributed by atoms with Crippen LogP contribution in [0.25, 0.3) is 11.1 Å². The van der Waals surface area contributed by atoms with Crippen LogP contribution >= 0.6 is 11.6 Å². The zero-order chi connectivity index (χ0) is 15.7. The van der Waals surface area contributed by atoms with Gasteiger partial charge in [0.1, 0.15) is 10.8 Å². The van der Waals surface area contributed by atoms with Gasteiger partial charge in [-0.15, -0.1) is 0 Å². The van der Waals surface area contributed by atoms with Gasteiger partial charge in [-0.05, 0) is 47.9 Å². The minimum atomic E-state index is -0.569. The first-order valence-corrected chi connectivity index (χ1v) is 8.21. The van der Waals surface area contributed by atoms with Gasteiger partial charge in [0.2, 0.25) is 0 Å². The molecule has 1 nitrogen and oxygen atoms in total. The summed E-state index contributed by atoms with van der Waals surface area (Å²) in [4.78, 5) is 0. The molecule has 3 heteroatoms. The van der Waals surface area contributed by atoms with Crippen molar-refractivity contribution in [3.8, 4) is 16.9 Å². The molecule has 1 aliphatic carbocycles. The molecule has 2 aromatic carbocycles. The van der Waals surface area contributed by atoms with Gasteiger partial charge in [0, 0.05) is 5.56 Å². The van der Waals surface area contributed by atoms with Crippen LogP contribution in [-0.4, -0.2) is 5.11 Å². The summed E-state index contributed by atoms with van der Waals surface area (Å²) in [6.45, 7) is 2.32. The van der Waals surface area contributed by atoms with Crippen LogP contribution in [0.4, 0.5) is 4.39 Å². The van der Waals surface area contributed by atoms with Crippen molar-refractivity contribution < 1.29 is 9.50 Å². The third kappa shape index (κ3) is 2.98. The summed E-state index contributed by atoms with van der Waals surface area (Å²) >= 11 is 5.77. The van der Waals surface area contributed by atoms with Crippen LogP contribution < -0.4 is 0 Å². The first-order valence-electron chi connectivity index (χ1n) is 7.83. The van der Waals surface area contributed by atoms with Crippen molar-refractivity contribution in [3.05, 3.63) is 52.8 Å². The first-order chi connectivity index (χ1) is 10.6. The highest BCUT2D eigenvalue weighted by atomic mass is 35.5. The van der Waals surface area contributed by atoms with E-state index in [2.05, 4.69) is 19.1 Å². The fraction of sp³-hybridized carbons (Fsp3) is 0.368. The molecule has 0 bridgehead atoms. The number of phenolic OH excluding ortho intramolecular Hbond substituents is 1. The number of hydrogen-bond acceptors (Lipinski definition) is 1. The highest BCUT2D eigenvalue weighted by Crippen LogP contribution is 2.37. The summed E-state index contributed by atoms with van der Waals surface area (Å²) in [5, 5.41) is 9.22. The van der Waals surface area contributed by atoms with Crippen LogP contribution in [0, 0.1) is 11.7 Å². The minimum Gasteiger partial charge on any atom is -0.506 e. The zero-order valence-electron chi connectivity index (χ0n) is 12.7. The van der Waals surface area contributed by atoms with E-state index < -0.39 is 5.82 Å². The highest BCUT2D eigenvalue weighted by Gasteiger charge is 2.20. The Morgan fingerprint density at radius 3 is 2.27 bits per heavy atom. The van der Waals surface area contributed by atoms with Crippen molar-refractivity contribution in [3.63, 3.8) is 0 Å². The molecule has 1 saturated carbocycles. The number of hydrogen-bond donors (Lipinski definition) is 1. The SMILES string of the molecule is CC1CCC(c2ccc(-c3ccc(O)c(Cl)c3F)cc2)CC1. The van der Waals surface area contributed by atoms with E-state index in [9.17, 15) is 9.50 Å². The molecule has 3 rings (SSSR count). The highest BCUT2D eigenvalue weighted by molar-refractivity contribution is 6.32. The summed E-state index contributed by atoms with van der Waals surface area (Å²) < 4.78 is 14.2. The normalized spacial score (nSPS) is 21.8. The second-order valence-corrected chi connectivity index (χ2v) is 6.72. The van der Waals surface area contributed by atoms with Crippen LogP contribution in [-0.2, 0) is 0 Å². The van der Waals surface area contributed by atoms with Crippen LogP contribution in [0.3, 0.4) is 0 Å². The lowest BCUT2D eigenvalue weighted by atomic mass is 9.79. The number of rotatable bonds is 2. The predicted octanol–water partition coefficient (Wildman–Crippen LogP) is 6.15. The molecule has 0 spiro atoms. The van der Waals surface area contributed by atoms with Gasteiger partial charge >= 0.3 is 0 Å². The van der Waals surface area contributed by atoms with Crippen molar-refractivity contribution >= 4 is 11.6 Å². The van der Waals surface area contributed by atoms with Crippen molar-refractivity contribution in [2.75, 3.05) is 0 Å². The third-order valence-electron chi connectivity index (χ3n) is 4.77. The van der Waals surface area contributed by atoms with E-state index in [0.717, 1.165) is 11.5 Å². The Labute approximate surface area is 135 Å². The Bertz CT molecular complexity index is 658. The lowest BCUT2D eigenvalue weighted by Crippen LogP contribution is -2.10. The lowest BCUT2D eigenvalue weighted by Gasteiger charge is -2.26. The predicted molar refractivity (Wildman–Crippen MR) is 88.9 cm³/mol. The Morgan fingerprint density at radius 1 is 1.00 bits per heavy atom. The number of halogens is 2. The Kier molecular flexibility index (Phi) is 4.39. The van der Waals surface area contributed by atoms with E-state index in [1.807, 2.05) is 12.1 Å². The van der Waals surface area contributed by atoms with Gasteiger partial charge < -0.3 is 5.11 Å². The van der Waals surface area contributed by atoms with Crippen LogP contribution in [0.2, 0.25) is 5.02 Å². The van der Waals surface area contributed by atoms with E-state index in [0.29, 0.717) is 11.5 Å². The minimum absolute atomic E-state index is 0.220. The maximum absolute atomic E-state index is 14.2. The first kappa shape index (κ1) is 15.4. The second-order valence-electron chi connectivity index (χ2n) is 6.34. The van der Waals surface area contributed by atoms with Crippen LogP contribution in [0.15, 0.2) is 36.4 Å². The Hall–Kier alpha value is -1.54. The Balaban J connectivity index is 1.84. The van der Waals surface area contributed by atoms with Gasteiger partial charge in [0.25, 0.3) is 0 Å². The molecular formula is C19H20ClFO. The lowest BCUT2D eigenvalue weighted by molar-refractivity contribution is 0.348.